The third-order valence-corrected chi connectivity index (χ3v) is 4.57. The minimum absolute atomic E-state index is 0.559. The van der Waals surface area contributed by atoms with Crippen molar-refractivity contribution in [1.29, 1.82) is 0 Å². The number of nitrogens with one attached hydrogen (secondary N) is 1. The Morgan fingerprint density at radius 3 is 2.37 bits per heavy atom. The summed E-state index contributed by atoms with van der Waals surface area (Å²) >= 11 is 0. The van der Waals surface area contributed by atoms with Crippen LogP contribution in [-0.4, -0.2) is 43.6 Å². The highest BCUT2D eigenvalue weighted by Gasteiger charge is 2.16. The molecule has 110 valence electrons. The Bertz CT molecular complexity index is 274. The van der Waals surface area contributed by atoms with Gasteiger partial charge < -0.3 is 16.0 Å². The van der Waals surface area contributed by atoms with Gasteiger partial charge in [0.05, 0.1) is 0 Å². The van der Waals surface area contributed by atoms with E-state index in [9.17, 15) is 0 Å². The zero-order valence-corrected chi connectivity index (χ0v) is 12.4. The molecule has 19 heavy (non-hydrogen) atoms. The fourth-order valence-corrected chi connectivity index (χ4v) is 3.15. The van der Waals surface area contributed by atoms with Crippen molar-refractivity contribution in [1.82, 2.24) is 10.2 Å². The van der Waals surface area contributed by atoms with Crippen LogP contribution in [-0.2, 0) is 0 Å². The lowest BCUT2D eigenvalue weighted by Crippen LogP contribution is -2.40. The van der Waals surface area contributed by atoms with Gasteiger partial charge in [-0.05, 0) is 51.7 Å². The van der Waals surface area contributed by atoms with Gasteiger partial charge in [-0.2, -0.15) is 0 Å². The van der Waals surface area contributed by atoms with Crippen molar-refractivity contribution in [2.75, 3.05) is 26.7 Å². The molecular weight excluding hydrogens is 236 g/mol. The first-order chi connectivity index (χ1) is 9.24. The molecular formula is C15H30N4. The highest BCUT2D eigenvalue weighted by molar-refractivity contribution is 5.78. The van der Waals surface area contributed by atoms with E-state index in [1.165, 1.54) is 64.5 Å². The van der Waals surface area contributed by atoms with Gasteiger partial charge in [-0.1, -0.05) is 25.7 Å². The van der Waals surface area contributed by atoms with E-state index in [4.69, 9.17) is 5.73 Å². The van der Waals surface area contributed by atoms with E-state index >= 15 is 0 Å². The molecule has 3 N–H and O–H groups in total. The van der Waals surface area contributed by atoms with Gasteiger partial charge in [-0.25, -0.2) is 0 Å². The first-order valence-electron chi connectivity index (χ1n) is 7.99. The average Bonchev–Trinajstić information content (AvgIpc) is 2.67. The molecule has 0 spiro atoms. The van der Waals surface area contributed by atoms with Crippen molar-refractivity contribution in [3.05, 3.63) is 0 Å². The third-order valence-electron chi connectivity index (χ3n) is 4.57. The molecule has 1 aliphatic heterocycles. The molecule has 2 aliphatic rings. The van der Waals surface area contributed by atoms with E-state index in [-0.39, 0.29) is 0 Å². The van der Waals surface area contributed by atoms with Crippen LogP contribution in [0.4, 0.5) is 0 Å². The van der Waals surface area contributed by atoms with Gasteiger partial charge in [0, 0.05) is 12.6 Å². The van der Waals surface area contributed by atoms with Crippen LogP contribution in [0.2, 0.25) is 0 Å². The van der Waals surface area contributed by atoms with Crippen molar-refractivity contribution in [2.24, 2.45) is 16.6 Å². The molecule has 0 bridgehead atoms. The molecule has 2 fully saturated rings. The summed E-state index contributed by atoms with van der Waals surface area (Å²) in [5, 5.41) is 3.42. The topological polar surface area (TPSA) is 53.6 Å². The second kappa shape index (κ2) is 7.73. The van der Waals surface area contributed by atoms with Gasteiger partial charge >= 0.3 is 0 Å². The molecule has 1 saturated heterocycles. The normalized spacial score (nSPS) is 25.2. The van der Waals surface area contributed by atoms with Gasteiger partial charge in [0.15, 0.2) is 5.96 Å². The Hall–Kier alpha value is -0.770. The van der Waals surface area contributed by atoms with E-state index in [1.807, 2.05) is 0 Å². The number of rotatable bonds is 3. The predicted molar refractivity (Wildman–Crippen MR) is 81.3 cm³/mol. The van der Waals surface area contributed by atoms with Crippen molar-refractivity contribution in [3.63, 3.8) is 0 Å². The number of hydrogen-bond donors (Lipinski definition) is 2. The third kappa shape index (κ3) is 5.39. The second-order valence-electron chi connectivity index (χ2n) is 6.31. The summed E-state index contributed by atoms with van der Waals surface area (Å²) < 4.78 is 0. The van der Waals surface area contributed by atoms with Crippen LogP contribution < -0.4 is 11.1 Å². The molecule has 0 aromatic rings. The minimum atomic E-state index is 0.559. The van der Waals surface area contributed by atoms with Crippen molar-refractivity contribution in [2.45, 2.75) is 57.4 Å². The second-order valence-corrected chi connectivity index (χ2v) is 6.31. The Balaban J connectivity index is 1.69. The molecule has 2 rings (SSSR count). The summed E-state index contributed by atoms with van der Waals surface area (Å²) in [6.45, 7) is 3.31. The summed E-state index contributed by atoms with van der Waals surface area (Å²) in [5.74, 6) is 1.40. The zero-order valence-electron chi connectivity index (χ0n) is 12.4. The summed E-state index contributed by atoms with van der Waals surface area (Å²) in [6.07, 6.45) is 10.5. The number of likely N-dealkylation sites (tertiary alicyclic amines) is 1. The van der Waals surface area contributed by atoms with Crippen LogP contribution in [0.25, 0.3) is 0 Å². The van der Waals surface area contributed by atoms with E-state index in [1.54, 1.807) is 0 Å². The highest BCUT2D eigenvalue weighted by atomic mass is 15.1. The Morgan fingerprint density at radius 2 is 1.74 bits per heavy atom. The Kier molecular flexibility index (Phi) is 5.95. The van der Waals surface area contributed by atoms with E-state index in [0.717, 1.165) is 12.5 Å². The maximum Gasteiger partial charge on any atom is 0.188 e. The van der Waals surface area contributed by atoms with Crippen LogP contribution in [0, 0.1) is 5.92 Å². The molecule has 0 unspecified atom stereocenters. The largest absolute Gasteiger partial charge is 0.370 e. The lowest BCUT2D eigenvalue weighted by Gasteiger charge is -2.28. The number of nitrogens with zero attached hydrogens (tertiary/aromatic N) is 2. The molecule has 0 aromatic heterocycles. The molecule has 1 aliphatic carbocycles. The molecule has 0 radical (unpaired) electrons. The zero-order chi connectivity index (χ0) is 13.5. The molecule has 4 heteroatoms. The molecule has 1 saturated carbocycles. The van der Waals surface area contributed by atoms with Crippen LogP contribution >= 0.6 is 0 Å². The number of piperidine rings is 1. The first kappa shape index (κ1) is 14.6. The average molecular weight is 266 g/mol. The lowest BCUT2D eigenvalue weighted by molar-refractivity contribution is 0.223. The SMILES string of the molecule is CN1CCC(CN=C(N)NC2CCCCCC2)CC1. The monoisotopic (exact) mass is 266 g/mol. The van der Waals surface area contributed by atoms with Crippen LogP contribution in [0.3, 0.4) is 0 Å². The summed E-state index contributed by atoms with van der Waals surface area (Å²) in [4.78, 5) is 6.96. The van der Waals surface area contributed by atoms with Crippen LogP contribution in [0.1, 0.15) is 51.4 Å². The van der Waals surface area contributed by atoms with Crippen molar-refractivity contribution < 1.29 is 0 Å². The molecule has 0 aromatic carbocycles. The van der Waals surface area contributed by atoms with E-state index < -0.39 is 0 Å². The minimum Gasteiger partial charge on any atom is -0.370 e. The molecule has 0 atom stereocenters. The van der Waals surface area contributed by atoms with Crippen LogP contribution in [0.15, 0.2) is 4.99 Å². The molecule has 0 amide bonds. The van der Waals surface area contributed by atoms with Gasteiger partial charge in [0.25, 0.3) is 0 Å². The highest BCUT2D eigenvalue weighted by Crippen LogP contribution is 2.18. The maximum absolute atomic E-state index is 6.03. The number of nitrogens with two attached hydrogens (primary N) is 1. The number of aliphatic imine (C=N–C) groups is 1. The van der Waals surface area contributed by atoms with Gasteiger partial charge in [-0.3, -0.25) is 4.99 Å². The quantitative estimate of drug-likeness (QED) is 0.466. The summed E-state index contributed by atoms with van der Waals surface area (Å²) in [6, 6.07) is 0.559. The van der Waals surface area contributed by atoms with E-state index in [2.05, 4.69) is 22.3 Å². The smallest absolute Gasteiger partial charge is 0.188 e. The molecule has 4 nitrogen and oxygen atoms in total. The first-order valence-corrected chi connectivity index (χ1v) is 7.99. The predicted octanol–water partition coefficient (Wildman–Crippen LogP) is 1.96. The maximum atomic E-state index is 6.03. The van der Waals surface area contributed by atoms with Gasteiger partial charge in [0.2, 0.25) is 0 Å². The van der Waals surface area contributed by atoms with Crippen molar-refractivity contribution in [3.8, 4) is 0 Å². The summed E-state index contributed by atoms with van der Waals surface area (Å²) in [5.41, 5.74) is 6.03. The number of hydrogen-bond acceptors (Lipinski definition) is 2. The fourth-order valence-electron chi connectivity index (χ4n) is 3.15. The van der Waals surface area contributed by atoms with Crippen molar-refractivity contribution >= 4 is 5.96 Å². The standard InChI is InChI=1S/C15H30N4/c1-19-10-8-13(9-11-19)12-17-15(16)18-14-6-4-2-3-5-7-14/h13-14H,2-12H2,1H3,(H3,16,17,18). The Morgan fingerprint density at radius 1 is 1.11 bits per heavy atom. The van der Waals surface area contributed by atoms with Crippen LogP contribution in [0.5, 0.6) is 0 Å². The summed E-state index contributed by atoms with van der Waals surface area (Å²) in [7, 11) is 2.20. The van der Waals surface area contributed by atoms with E-state index in [0.29, 0.717) is 12.0 Å². The number of guanidine groups is 1. The lowest BCUT2D eigenvalue weighted by atomic mass is 9.97. The molecule has 1 heterocycles. The Labute approximate surface area is 117 Å². The fraction of sp³-hybridized carbons (Fsp3) is 0.933. The van der Waals surface area contributed by atoms with Gasteiger partial charge in [0.1, 0.15) is 0 Å². The van der Waals surface area contributed by atoms with Gasteiger partial charge in [-0.15, -0.1) is 0 Å².